The zero-order valence-electron chi connectivity index (χ0n) is 18.9. The van der Waals surface area contributed by atoms with Crippen LogP contribution in [0.3, 0.4) is 0 Å². The van der Waals surface area contributed by atoms with Crippen LogP contribution in [0.2, 0.25) is 5.02 Å². The van der Waals surface area contributed by atoms with Gasteiger partial charge in [-0.15, -0.1) is 5.10 Å². The molecule has 3 heterocycles. The molecule has 1 saturated heterocycles. The molecular formula is C24H21ClF3N5O3. The molecule has 12 heteroatoms. The molecule has 0 amide bonds. The lowest BCUT2D eigenvalue weighted by atomic mass is 9.96. The quantitative estimate of drug-likeness (QED) is 0.387. The van der Waals surface area contributed by atoms with Gasteiger partial charge in [-0.1, -0.05) is 17.7 Å². The van der Waals surface area contributed by atoms with Crippen LogP contribution in [-0.4, -0.2) is 51.8 Å². The Hall–Kier alpha value is -3.44. The van der Waals surface area contributed by atoms with Crippen molar-refractivity contribution in [1.82, 2.24) is 25.5 Å². The number of hydrogen-bond acceptors (Lipinski definition) is 7. The number of aromatic nitrogens is 4. The lowest BCUT2D eigenvalue weighted by molar-refractivity contribution is -0.137. The molecule has 0 aliphatic carbocycles. The molecule has 0 radical (unpaired) electrons. The summed E-state index contributed by atoms with van der Waals surface area (Å²) >= 11 is 6.19. The number of para-hydroxylation sites is 1. The standard InChI is InChI=1S/C24H21ClF3N5O3/c25-18-3-1-2-16-19(34)13-21(36-22(16)18)17-5-4-15(24(26,27)28)12-20(17)35-11-10-33-8-6-14(7-9-33)23-29-31-32-30-23/h1-5,12-14H,6-11H2,(H,29,30,31,32). The Labute approximate surface area is 208 Å². The number of piperidine rings is 1. The van der Waals surface area contributed by atoms with E-state index in [4.69, 9.17) is 20.8 Å². The summed E-state index contributed by atoms with van der Waals surface area (Å²) in [7, 11) is 0. The van der Waals surface area contributed by atoms with Crippen LogP contribution in [0.5, 0.6) is 5.75 Å². The Morgan fingerprint density at radius 3 is 2.69 bits per heavy atom. The number of aromatic amines is 1. The Morgan fingerprint density at radius 2 is 1.97 bits per heavy atom. The van der Waals surface area contributed by atoms with Crippen LogP contribution in [0, 0.1) is 0 Å². The highest BCUT2D eigenvalue weighted by atomic mass is 35.5. The molecular weight excluding hydrogens is 499 g/mol. The van der Waals surface area contributed by atoms with E-state index in [-0.39, 0.29) is 51.0 Å². The summed E-state index contributed by atoms with van der Waals surface area (Å²) in [6, 6.07) is 9.11. The van der Waals surface area contributed by atoms with Crippen molar-refractivity contribution >= 4 is 22.6 Å². The number of fused-ring (bicyclic) bond motifs is 1. The number of benzene rings is 2. The third-order valence-electron chi connectivity index (χ3n) is 6.28. The summed E-state index contributed by atoms with van der Waals surface area (Å²) in [6.45, 7) is 2.23. The molecule has 4 aromatic rings. The molecule has 1 fully saturated rings. The summed E-state index contributed by atoms with van der Waals surface area (Å²) in [6.07, 6.45) is -2.84. The monoisotopic (exact) mass is 519 g/mol. The van der Waals surface area contributed by atoms with Crippen molar-refractivity contribution in [3.63, 3.8) is 0 Å². The highest BCUT2D eigenvalue weighted by Gasteiger charge is 2.32. The minimum absolute atomic E-state index is 0.0259. The van der Waals surface area contributed by atoms with E-state index >= 15 is 0 Å². The van der Waals surface area contributed by atoms with Crippen molar-refractivity contribution in [2.45, 2.75) is 24.9 Å². The molecule has 1 N–H and O–H groups in total. The van der Waals surface area contributed by atoms with Gasteiger partial charge < -0.3 is 9.15 Å². The van der Waals surface area contributed by atoms with Gasteiger partial charge in [-0.3, -0.25) is 9.69 Å². The number of ether oxygens (including phenoxy) is 1. The highest BCUT2D eigenvalue weighted by Crippen LogP contribution is 2.38. The normalized spacial score (nSPS) is 15.4. The number of nitrogens with zero attached hydrogens (tertiary/aromatic N) is 4. The predicted octanol–water partition coefficient (Wildman–Crippen LogP) is 4.90. The predicted molar refractivity (Wildman–Crippen MR) is 126 cm³/mol. The van der Waals surface area contributed by atoms with Gasteiger partial charge in [0.05, 0.1) is 21.5 Å². The fraction of sp³-hybridized carbons (Fsp3) is 0.333. The summed E-state index contributed by atoms with van der Waals surface area (Å²) in [5.41, 5.74) is -0.816. The van der Waals surface area contributed by atoms with E-state index in [1.807, 2.05) is 0 Å². The molecule has 0 unspecified atom stereocenters. The molecule has 188 valence electrons. The lowest BCUT2D eigenvalue weighted by Crippen LogP contribution is -2.36. The molecule has 1 aliphatic heterocycles. The van der Waals surface area contributed by atoms with Gasteiger partial charge in [-0.05, 0) is 66.7 Å². The second-order valence-corrected chi connectivity index (χ2v) is 8.96. The number of hydrogen-bond donors (Lipinski definition) is 1. The van der Waals surface area contributed by atoms with Gasteiger partial charge in [0.1, 0.15) is 18.1 Å². The zero-order valence-corrected chi connectivity index (χ0v) is 19.6. The summed E-state index contributed by atoms with van der Waals surface area (Å²) < 4.78 is 51.9. The number of tetrazole rings is 1. The number of nitrogens with one attached hydrogen (secondary N) is 1. The van der Waals surface area contributed by atoms with E-state index in [0.29, 0.717) is 6.54 Å². The average Bonchev–Trinajstić information content (AvgIpc) is 3.40. The summed E-state index contributed by atoms with van der Waals surface area (Å²) in [5, 5.41) is 14.5. The van der Waals surface area contributed by atoms with E-state index in [2.05, 4.69) is 25.5 Å². The third kappa shape index (κ3) is 5.07. The van der Waals surface area contributed by atoms with E-state index in [0.717, 1.165) is 43.9 Å². The third-order valence-corrected chi connectivity index (χ3v) is 6.58. The van der Waals surface area contributed by atoms with Gasteiger partial charge in [0, 0.05) is 18.5 Å². The zero-order chi connectivity index (χ0) is 25.3. The Morgan fingerprint density at radius 1 is 1.17 bits per heavy atom. The SMILES string of the molecule is O=c1cc(-c2ccc(C(F)(F)F)cc2OCCN2CCC(c3nnn[nH]3)CC2)oc2c(Cl)cccc12. The summed E-state index contributed by atoms with van der Waals surface area (Å²) in [4.78, 5) is 14.8. The van der Waals surface area contributed by atoms with Gasteiger partial charge in [-0.2, -0.15) is 13.2 Å². The molecule has 0 saturated carbocycles. The van der Waals surface area contributed by atoms with Gasteiger partial charge >= 0.3 is 6.18 Å². The average molecular weight is 520 g/mol. The van der Waals surface area contributed by atoms with Crippen molar-refractivity contribution < 1.29 is 22.3 Å². The molecule has 0 spiro atoms. The van der Waals surface area contributed by atoms with Gasteiger partial charge in [-0.25, -0.2) is 5.10 Å². The van der Waals surface area contributed by atoms with E-state index in [1.54, 1.807) is 18.2 Å². The van der Waals surface area contributed by atoms with Crippen LogP contribution in [0.25, 0.3) is 22.3 Å². The van der Waals surface area contributed by atoms with E-state index in [9.17, 15) is 18.0 Å². The number of likely N-dealkylation sites (tertiary alicyclic amines) is 1. The Kier molecular flexibility index (Phi) is 6.67. The second-order valence-electron chi connectivity index (χ2n) is 8.55. The minimum Gasteiger partial charge on any atom is -0.491 e. The van der Waals surface area contributed by atoms with Crippen LogP contribution in [0.15, 0.2) is 51.7 Å². The maximum absolute atomic E-state index is 13.4. The Balaban J connectivity index is 1.36. The molecule has 8 nitrogen and oxygen atoms in total. The Bertz CT molecular complexity index is 1420. The van der Waals surface area contributed by atoms with E-state index in [1.165, 1.54) is 12.1 Å². The largest absolute Gasteiger partial charge is 0.491 e. The molecule has 2 aromatic heterocycles. The number of H-pyrrole nitrogens is 1. The van der Waals surface area contributed by atoms with Crippen molar-refractivity contribution in [3.05, 3.63) is 69.1 Å². The number of rotatable bonds is 6. The maximum atomic E-state index is 13.4. The summed E-state index contributed by atoms with van der Waals surface area (Å²) in [5.74, 6) is 1.05. The van der Waals surface area contributed by atoms with Gasteiger partial charge in [0.15, 0.2) is 16.8 Å². The second kappa shape index (κ2) is 9.90. The fourth-order valence-electron chi connectivity index (χ4n) is 4.35. The first-order chi connectivity index (χ1) is 17.3. The molecule has 36 heavy (non-hydrogen) atoms. The first-order valence-electron chi connectivity index (χ1n) is 11.3. The van der Waals surface area contributed by atoms with Crippen LogP contribution < -0.4 is 10.2 Å². The number of alkyl halides is 3. The van der Waals surface area contributed by atoms with E-state index < -0.39 is 11.7 Å². The topological polar surface area (TPSA) is 97.1 Å². The highest BCUT2D eigenvalue weighted by molar-refractivity contribution is 6.34. The minimum atomic E-state index is -4.55. The molecule has 2 aromatic carbocycles. The van der Waals surface area contributed by atoms with Crippen molar-refractivity contribution in [1.29, 1.82) is 0 Å². The first-order valence-corrected chi connectivity index (χ1v) is 11.7. The van der Waals surface area contributed by atoms with Crippen molar-refractivity contribution in [3.8, 4) is 17.1 Å². The smallest absolute Gasteiger partial charge is 0.416 e. The van der Waals surface area contributed by atoms with Crippen LogP contribution in [0.1, 0.15) is 30.1 Å². The first kappa shape index (κ1) is 24.3. The molecule has 0 atom stereocenters. The van der Waals surface area contributed by atoms with Crippen LogP contribution >= 0.6 is 11.6 Å². The lowest BCUT2D eigenvalue weighted by Gasteiger charge is -2.30. The van der Waals surface area contributed by atoms with Crippen LogP contribution in [0.4, 0.5) is 13.2 Å². The van der Waals surface area contributed by atoms with Gasteiger partial charge in [0.25, 0.3) is 0 Å². The van der Waals surface area contributed by atoms with Crippen molar-refractivity contribution in [2.24, 2.45) is 0 Å². The number of halogens is 4. The maximum Gasteiger partial charge on any atom is 0.416 e. The molecule has 5 rings (SSSR count). The fourth-order valence-corrected chi connectivity index (χ4v) is 4.56. The van der Waals surface area contributed by atoms with Crippen LogP contribution in [-0.2, 0) is 6.18 Å². The van der Waals surface area contributed by atoms with Crippen molar-refractivity contribution in [2.75, 3.05) is 26.2 Å². The molecule has 0 bridgehead atoms. The molecule has 1 aliphatic rings. The van der Waals surface area contributed by atoms with Gasteiger partial charge in [0.2, 0.25) is 0 Å².